The number of aromatic nitrogens is 2. The van der Waals surface area contributed by atoms with E-state index in [0.29, 0.717) is 25.3 Å². The average molecular weight is 263 g/mol. The smallest absolute Gasteiger partial charge is 0.341 e. The van der Waals surface area contributed by atoms with Crippen molar-refractivity contribution in [2.45, 2.75) is 20.0 Å². The summed E-state index contributed by atoms with van der Waals surface area (Å²) in [4.78, 5) is 11.8. The van der Waals surface area contributed by atoms with Gasteiger partial charge in [0.2, 0.25) is 0 Å². The largest absolute Gasteiger partial charge is 0.472 e. The lowest BCUT2D eigenvalue weighted by atomic mass is 10.2. The van der Waals surface area contributed by atoms with Gasteiger partial charge in [0.05, 0.1) is 31.0 Å². The number of nitrogens with one attached hydrogen (secondary N) is 1. The van der Waals surface area contributed by atoms with Gasteiger partial charge >= 0.3 is 5.97 Å². The molecule has 2 aromatic rings. The minimum Gasteiger partial charge on any atom is -0.472 e. The first-order valence-corrected chi connectivity index (χ1v) is 6.12. The molecule has 0 aromatic carbocycles. The Morgan fingerprint density at radius 3 is 3.05 bits per heavy atom. The number of hydrogen-bond acceptors (Lipinski definition) is 5. The maximum atomic E-state index is 11.8. The molecule has 0 aliphatic carbocycles. The molecule has 1 N–H and O–H groups in total. The van der Waals surface area contributed by atoms with Crippen LogP contribution in [0, 0.1) is 0 Å². The Labute approximate surface area is 111 Å². The molecule has 0 atom stereocenters. The second kappa shape index (κ2) is 6.19. The van der Waals surface area contributed by atoms with Crippen molar-refractivity contribution in [3.63, 3.8) is 0 Å². The Kier molecular flexibility index (Phi) is 4.35. The van der Waals surface area contributed by atoms with E-state index in [9.17, 15) is 4.79 Å². The summed E-state index contributed by atoms with van der Waals surface area (Å²) in [6.45, 7) is 3.35. The van der Waals surface area contributed by atoms with E-state index in [1.165, 1.54) is 6.20 Å². The molecule has 0 saturated heterocycles. The van der Waals surface area contributed by atoms with Crippen LogP contribution < -0.4 is 5.32 Å². The summed E-state index contributed by atoms with van der Waals surface area (Å²) in [6.07, 6.45) is 4.85. The van der Waals surface area contributed by atoms with E-state index in [1.54, 1.807) is 31.2 Å². The van der Waals surface area contributed by atoms with Crippen LogP contribution in [0.15, 0.2) is 29.2 Å². The zero-order valence-corrected chi connectivity index (χ0v) is 11.0. The summed E-state index contributed by atoms with van der Waals surface area (Å²) in [5.41, 5.74) is 2.37. The van der Waals surface area contributed by atoms with Crippen LogP contribution in [0.1, 0.15) is 28.5 Å². The first-order chi connectivity index (χ1) is 9.22. The quantitative estimate of drug-likeness (QED) is 0.799. The number of carbonyl (C=O) groups excluding carboxylic acids is 1. The van der Waals surface area contributed by atoms with Crippen molar-refractivity contribution in [3.8, 4) is 0 Å². The van der Waals surface area contributed by atoms with E-state index in [-0.39, 0.29) is 5.97 Å². The molecule has 0 aliphatic heterocycles. The van der Waals surface area contributed by atoms with Crippen LogP contribution in [-0.2, 0) is 24.9 Å². The summed E-state index contributed by atoms with van der Waals surface area (Å²) in [6, 6.07) is 1.89. The predicted molar refractivity (Wildman–Crippen MR) is 68.4 cm³/mol. The Bertz CT molecular complexity index is 531. The first kappa shape index (κ1) is 13.4. The minimum absolute atomic E-state index is 0.337. The Morgan fingerprint density at radius 1 is 1.53 bits per heavy atom. The number of hydrogen-bond donors (Lipinski definition) is 1. The average Bonchev–Trinajstić information content (AvgIpc) is 3.01. The molecule has 2 heterocycles. The Morgan fingerprint density at radius 2 is 2.37 bits per heavy atom. The highest BCUT2D eigenvalue weighted by Gasteiger charge is 2.16. The van der Waals surface area contributed by atoms with Gasteiger partial charge in [0, 0.05) is 25.7 Å². The van der Waals surface area contributed by atoms with Gasteiger partial charge in [-0.3, -0.25) is 4.68 Å². The maximum Gasteiger partial charge on any atom is 0.341 e. The van der Waals surface area contributed by atoms with Crippen molar-refractivity contribution in [2.24, 2.45) is 7.05 Å². The molecule has 0 spiro atoms. The van der Waals surface area contributed by atoms with E-state index in [2.05, 4.69) is 10.4 Å². The van der Waals surface area contributed by atoms with Crippen molar-refractivity contribution < 1.29 is 13.9 Å². The minimum atomic E-state index is -0.337. The molecule has 0 fully saturated rings. The summed E-state index contributed by atoms with van der Waals surface area (Å²) in [7, 11) is 1.80. The molecule has 0 bridgehead atoms. The lowest BCUT2D eigenvalue weighted by Gasteiger charge is -2.07. The molecule has 19 heavy (non-hydrogen) atoms. The third kappa shape index (κ3) is 3.23. The monoisotopic (exact) mass is 263 g/mol. The third-order valence-electron chi connectivity index (χ3n) is 2.76. The molecular formula is C13H17N3O3. The number of furan rings is 1. The van der Waals surface area contributed by atoms with Gasteiger partial charge in [-0.2, -0.15) is 5.10 Å². The fraction of sp³-hybridized carbons (Fsp3) is 0.385. The molecule has 2 rings (SSSR count). The van der Waals surface area contributed by atoms with Crippen molar-refractivity contribution in [1.82, 2.24) is 15.1 Å². The van der Waals surface area contributed by atoms with E-state index in [4.69, 9.17) is 9.15 Å². The highest BCUT2D eigenvalue weighted by atomic mass is 16.5. The van der Waals surface area contributed by atoms with Gasteiger partial charge in [-0.1, -0.05) is 0 Å². The Balaban J connectivity index is 1.99. The lowest BCUT2D eigenvalue weighted by Crippen LogP contribution is -2.18. The SMILES string of the molecule is CCOC(=O)c1cnn(C)c1CNCc1ccoc1. The van der Waals surface area contributed by atoms with Gasteiger partial charge in [-0.25, -0.2) is 4.79 Å². The van der Waals surface area contributed by atoms with Gasteiger partial charge in [0.25, 0.3) is 0 Å². The molecule has 0 unspecified atom stereocenters. The Hall–Kier alpha value is -2.08. The van der Waals surface area contributed by atoms with Gasteiger partial charge in [-0.15, -0.1) is 0 Å². The molecule has 0 saturated carbocycles. The number of nitrogens with zero attached hydrogens (tertiary/aromatic N) is 2. The van der Waals surface area contributed by atoms with Crippen molar-refractivity contribution in [2.75, 3.05) is 6.61 Å². The van der Waals surface area contributed by atoms with Crippen LogP contribution in [0.3, 0.4) is 0 Å². The molecule has 0 amide bonds. The predicted octanol–water partition coefficient (Wildman–Crippen LogP) is 1.48. The fourth-order valence-corrected chi connectivity index (χ4v) is 1.77. The normalized spacial score (nSPS) is 10.6. The van der Waals surface area contributed by atoms with Crippen molar-refractivity contribution in [1.29, 1.82) is 0 Å². The molecule has 6 heteroatoms. The van der Waals surface area contributed by atoms with Crippen LogP contribution in [0.4, 0.5) is 0 Å². The van der Waals surface area contributed by atoms with E-state index in [1.807, 2.05) is 6.07 Å². The van der Waals surface area contributed by atoms with Crippen LogP contribution in [-0.4, -0.2) is 22.4 Å². The molecule has 2 aromatic heterocycles. The second-order valence-corrected chi connectivity index (χ2v) is 4.08. The summed E-state index contributed by atoms with van der Waals surface area (Å²) in [5.74, 6) is -0.337. The van der Waals surface area contributed by atoms with Crippen LogP contribution in [0.2, 0.25) is 0 Å². The fourth-order valence-electron chi connectivity index (χ4n) is 1.77. The molecule has 0 aliphatic rings. The van der Waals surface area contributed by atoms with Gasteiger partial charge in [0.1, 0.15) is 5.56 Å². The molecule has 6 nitrogen and oxygen atoms in total. The second-order valence-electron chi connectivity index (χ2n) is 4.08. The van der Waals surface area contributed by atoms with Crippen molar-refractivity contribution >= 4 is 5.97 Å². The number of rotatable bonds is 6. The summed E-state index contributed by atoms with van der Waals surface area (Å²) in [5, 5.41) is 7.33. The van der Waals surface area contributed by atoms with E-state index in [0.717, 1.165) is 11.3 Å². The number of aryl methyl sites for hydroxylation is 1. The van der Waals surface area contributed by atoms with E-state index >= 15 is 0 Å². The molecule has 0 radical (unpaired) electrons. The van der Waals surface area contributed by atoms with Crippen LogP contribution in [0.25, 0.3) is 0 Å². The van der Waals surface area contributed by atoms with Gasteiger partial charge in [-0.05, 0) is 13.0 Å². The van der Waals surface area contributed by atoms with Gasteiger partial charge in [0.15, 0.2) is 0 Å². The number of esters is 1. The molecular weight excluding hydrogens is 246 g/mol. The standard InChI is InChI=1S/C13H17N3O3/c1-3-19-13(17)11-7-15-16(2)12(11)8-14-6-10-4-5-18-9-10/h4-5,7,9,14H,3,6,8H2,1-2H3. The zero-order chi connectivity index (χ0) is 13.7. The van der Waals surface area contributed by atoms with Crippen LogP contribution >= 0.6 is 0 Å². The zero-order valence-electron chi connectivity index (χ0n) is 11.0. The first-order valence-electron chi connectivity index (χ1n) is 6.12. The highest BCUT2D eigenvalue weighted by Crippen LogP contribution is 2.09. The van der Waals surface area contributed by atoms with Gasteiger partial charge < -0.3 is 14.5 Å². The summed E-state index contributed by atoms with van der Waals surface area (Å²) < 4.78 is 11.7. The van der Waals surface area contributed by atoms with Crippen molar-refractivity contribution in [3.05, 3.63) is 41.6 Å². The topological polar surface area (TPSA) is 69.3 Å². The lowest BCUT2D eigenvalue weighted by molar-refractivity contribution is 0.0524. The van der Waals surface area contributed by atoms with E-state index < -0.39 is 0 Å². The number of ether oxygens (including phenoxy) is 1. The summed E-state index contributed by atoms with van der Waals surface area (Å²) >= 11 is 0. The third-order valence-corrected chi connectivity index (χ3v) is 2.76. The number of carbonyl (C=O) groups is 1. The van der Waals surface area contributed by atoms with Crippen LogP contribution in [0.5, 0.6) is 0 Å². The molecule has 102 valence electrons. The highest BCUT2D eigenvalue weighted by molar-refractivity contribution is 5.90. The maximum absolute atomic E-state index is 11.8.